The van der Waals surface area contributed by atoms with Crippen molar-refractivity contribution in [2.75, 3.05) is 16.8 Å². The number of carbonyl (C=O) groups is 2. The summed E-state index contributed by atoms with van der Waals surface area (Å²) in [5, 5.41) is 18.6. The lowest BCUT2D eigenvalue weighted by atomic mass is 10.1. The molecule has 1 atom stereocenters. The lowest BCUT2D eigenvalue weighted by Crippen LogP contribution is -2.28. The third-order valence-electron chi connectivity index (χ3n) is 5.94. The van der Waals surface area contributed by atoms with Crippen LogP contribution in [0.5, 0.6) is 0 Å². The molecule has 5 rings (SSSR count). The van der Waals surface area contributed by atoms with E-state index in [0.717, 1.165) is 34.0 Å². The van der Waals surface area contributed by atoms with Gasteiger partial charge in [-0.15, -0.1) is 0 Å². The minimum absolute atomic E-state index is 0.0137. The fraction of sp³-hybridized carbons (Fsp3) is 0.261. The summed E-state index contributed by atoms with van der Waals surface area (Å²) in [5.74, 6) is 1.22. The molecule has 10 heteroatoms. The summed E-state index contributed by atoms with van der Waals surface area (Å²) in [6.45, 7) is 2.30. The van der Waals surface area contributed by atoms with Crippen molar-refractivity contribution in [3.8, 4) is 5.69 Å². The first-order valence-corrected chi connectivity index (χ1v) is 11.7. The van der Waals surface area contributed by atoms with E-state index < -0.39 is 10.8 Å². The molecule has 1 unspecified atom stereocenters. The highest BCUT2D eigenvalue weighted by atomic mass is 32.2. The highest BCUT2D eigenvalue weighted by molar-refractivity contribution is 7.98. The van der Waals surface area contributed by atoms with Crippen LogP contribution in [0.15, 0.2) is 48.5 Å². The molecule has 2 aliphatic rings. The summed E-state index contributed by atoms with van der Waals surface area (Å²) in [6.07, 6.45) is 0.141. The monoisotopic (exact) mass is 463 g/mol. The van der Waals surface area contributed by atoms with Crippen molar-refractivity contribution >= 4 is 40.8 Å². The van der Waals surface area contributed by atoms with Crippen LogP contribution in [0.4, 0.5) is 17.2 Å². The molecule has 1 fully saturated rings. The topological polar surface area (TPSA) is 110 Å². The Morgan fingerprint density at radius 3 is 2.52 bits per heavy atom. The number of hydrogen-bond donors (Lipinski definition) is 1. The summed E-state index contributed by atoms with van der Waals surface area (Å²) in [6, 6.07) is 13.7. The number of rotatable bonds is 5. The second-order valence-corrected chi connectivity index (χ2v) is 9.17. The molecule has 3 heterocycles. The number of nitrogens with one attached hydrogen (secondary N) is 1. The molecule has 1 N–H and O–H groups in total. The van der Waals surface area contributed by atoms with Crippen LogP contribution in [-0.4, -0.2) is 33.1 Å². The van der Waals surface area contributed by atoms with Gasteiger partial charge in [0, 0.05) is 47.9 Å². The molecular weight excluding hydrogens is 442 g/mol. The Hall–Kier alpha value is -3.66. The third-order valence-corrected chi connectivity index (χ3v) is 6.91. The van der Waals surface area contributed by atoms with E-state index in [2.05, 4.69) is 10.4 Å². The number of benzene rings is 2. The number of non-ortho nitro benzene ring substituents is 1. The van der Waals surface area contributed by atoms with Crippen LogP contribution in [0.25, 0.3) is 5.69 Å². The van der Waals surface area contributed by atoms with Crippen LogP contribution < -0.4 is 10.2 Å². The lowest BCUT2D eigenvalue weighted by Gasteiger charge is -2.17. The highest BCUT2D eigenvalue weighted by Crippen LogP contribution is 2.37. The average molecular weight is 464 g/mol. The van der Waals surface area contributed by atoms with Gasteiger partial charge in [0.1, 0.15) is 5.82 Å². The second kappa shape index (κ2) is 8.36. The van der Waals surface area contributed by atoms with Gasteiger partial charge < -0.3 is 10.2 Å². The van der Waals surface area contributed by atoms with Crippen molar-refractivity contribution in [1.29, 1.82) is 0 Å². The highest BCUT2D eigenvalue weighted by Gasteiger charge is 2.36. The molecule has 168 valence electrons. The molecule has 0 radical (unpaired) electrons. The van der Waals surface area contributed by atoms with Crippen LogP contribution in [0.3, 0.4) is 0 Å². The maximum atomic E-state index is 13.2. The molecule has 3 aromatic rings. The van der Waals surface area contributed by atoms with Crippen molar-refractivity contribution in [2.24, 2.45) is 5.92 Å². The first kappa shape index (κ1) is 21.2. The number of nitrogens with zero attached hydrogens (tertiary/aromatic N) is 4. The van der Waals surface area contributed by atoms with Crippen LogP contribution >= 0.6 is 11.8 Å². The first-order valence-electron chi connectivity index (χ1n) is 10.5. The molecule has 2 aliphatic heterocycles. The van der Waals surface area contributed by atoms with Crippen molar-refractivity contribution in [1.82, 2.24) is 9.78 Å². The molecule has 0 saturated carbocycles. The molecular formula is C23H21N5O4S. The summed E-state index contributed by atoms with van der Waals surface area (Å²) in [5.41, 5.74) is 4.34. The van der Waals surface area contributed by atoms with E-state index in [1.165, 1.54) is 12.1 Å². The predicted molar refractivity (Wildman–Crippen MR) is 125 cm³/mol. The third kappa shape index (κ3) is 3.97. The quantitative estimate of drug-likeness (QED) is 0.455. The van der Waals surface area contributed by atoms with Crippen molar-refractivity contribution in [3.63, 3.8) is 0 Å². The molecule has 9 nitrogen and oxygen atoms in total. The molecule has 33 heavy (non-hydrogen) atoms. The van der Waals surface area contributed by atoms with E-state index >= 15 is 0 Å². The normalized spacial score (nSPS) is 17.3. The van der Waals surface area contributed by atoms with Gasteiger partial charge in [-0.25, -0.2) is 4.68 Å². The van der Waals surface area contributed by atoms with E-state index in [1.807, 2.05) is 31.2 Å². The Morgan fingerprint density at radius 1 is 1.12 bits per heavy atom. The number of thioether (sulfide) groups is 1. The van der Waals surface area contributed by atoms with Gasteiger partial charge in [0.2, 0.25) is 11.8 Å². The number of nitro benzene ring substituents is 1. The molecule has 1 aromatic heterocycles. The minimum Gasteiger partial charge on any atom is -0.312 e. The predicted octanol–water partition coefficient (Wildman–Crippen LogP) is 3.83. The van der Waals surface area contributed by atoms with Gasteiger partial charge in [-0.3, -0.25) is 19.7 Å². The number of anilines is 2. The zero-order valence-electron chi connectivity index (χ0n) is 17.9. The minimum atomic E-state index is -0.483. The van der Waals surface area contributed by atoms with Gasteiger partial charge in [-0.2, -0.15) is 16.9 Å². The number of fused-ring (bicyclic) bond motifs is 1. The first-order chi connectivity index (χ1) is 15.9. The smallest absolute Gasteiger partial charge is 0.269 e. The van der Waals surface area contributed by atoms with Crippen molar-refractivity contribution in [2.45, 2.75) is 24.9 Å². The summed E-state index contributed by atoms with van der Waals surface area (Å²) < 4.78 is 1.63. The Balaban J connectivity index is 1.39. The van der Waals surface area contributed by atoms with Gasteiger partial charge >= 0.3 is 0 Å². The number of hydrogen-bond acceptors (Lipinski definition) is 6. The lowest BCUT2D eigenvalue weighted by molar-refractivity contribution is -0.384. The molecule has 1 saturated heterocycles. The number of nitro groups is 1. The second-order valence-electron chi connectivity index (χ2n) is 8.18. The van der Waals surface area contributed by atoms with E-state index in [9.17, 15) is 19.7 Å². The number of aromatic nitrogens is 2. The molecule has 2 aromatic carbocycles. The summed E-state index contributed by atoms with van der Waals surface area (Å²) >= 11 is 1.71. The molecule has 0 spiro atoms. The van der Waals surface area contributed by atoms with Gasteiger partial charge in [-0.1, -0.05) is 17.7 Å². The molecule has 0 bridgehead atoms. The van der Waals surface area contributed by atoms with Gasteiger partial charge in [0.15, 0.2) is 0 Å². The Morgan fingerprint density at radius 2 is 1.82 bits per heavy atom. The van der Waals surface area contributed by atoms with E-state index in [-0.39, 0.29) is 23.9 Å². The van der Waals surface area contributed by atoms with Crippen molar-refractivity contribution < 1.29 is 14.5 Å². The van der Waals surface area contributed by atoms with E-state index in [0.29, 0.717) is 18.1 Å². The maximum Gasteiger partial charge on any atom is 0.269 e. The molecule has 2 amide bonds. The fourth-order valence-electron chi connectivity index (χ4n) is 4.12. The van der Waals surface area contributed by atoms with Gasteiger partial charge in [-0.05, 0) is 31.2 Å². The van der Waals surface area contributed by atoms with Crippen LogP contribution in [-0.2, 0) is 21.1 Å². The van der Waals surface area contributed by atoms with Gasteiger partial charge in [0.05, 0.1) is 22.2 Å². The van der Waals surface area contributed by atoms with E-state index in [1.54, 1.807) is 33.5 Å². The Bertz CT molecular complexity index is 1250. The van der Waals surface area contributed by atoms with Crippen LogP contribution in [0.1, 0.15) is 23.2 Å². The zero-order valence-corrected chi connectivity index (χ0v) is 18.7. The number of amides is 2. The average Bonchev–Trinajstić information content (AvgIpc) is 3.50. The maximum absolute atomic E-state index is 13.2. The van der Waals surface area contributed by atoms with Crippen LogP contribution in [0, 0.1) is 23.0 Å². The van der Waals surface area contributed by atoms with Crippen molar-refractivity contribution in [3.05, 3.63) is 75.5 Å². The standard InChI is InChI=1S/C23H21N5O4S/c1-14-2-4-16(5-3-14)26-11-15(10-21(26)29)23(30)24-22-19-12-33-13-20(19)25-27(22)17-6-8-18(9-7-17)28(31)32/h2-9,15H,10-13H2,1H3,(H,24,30). The largest absolute Gasteiger partial charge is 0.312 e. The number of aryl methyl sites for hydroxylation is 1. The fourth-order valence-corrected chi connectivity index (χ4v) is 5.15. The Kier molecular flexibility index (Phi) is 5.37. The van der Waals surface area contributed by atoms with E-state index in [4.69, 9.17) is 0 Å². The number of carbonyl (C=O) groups excluding carboxylic acids is 2. The zero-order chi connectivity index (χ0) is 23.1. The Labute approximate surface area is 193 Å². The molecule has 0 aliphatic carbocycles. The SMILES string of the molecule is Cc1ccc(N2CC(C(=O)Nc3c4c(nn3-c3ccc([N+](=O)[O-])cc3)CSC4)CC2=O)cc1. The summed E-state index contributed by atoms with van der Waals surface area (Å²) in [4.78, 5) is 38.0. The van der Waals surface area contributed by atoms with Crippen LogP contribution in [0.2, 0.25) is 0 Å². The summed E-state index contributed by atoms with van der Waals surface area (Å²) in [7, 11) is 0. The van der Waals surface area contributed by atoms with Gasteiger partial charge in [0.25, 0.3) is 5.69 Å².